The van der Waals surface area contributed by atoms with Crippen LogP contribution in [0.15, 0.2) is 34.9 Å². The molecule has 0 saturated heterocycles. The molecule has 1 aromatic heterocycles. The van der Waals surface area contributed by atoms with Gasteiger partial charge in [-0.1, -0.05) is 13.0 Å². The van der Waals surface area contributed by atoms with Gasteiger partial charge < -0.3 is 14.8 Å². The van der Waals surface area contributed by atoms with E-state index in [0.717, 1.165) is 16.5 Å². The Hall–Kier alpha value is -1.39. The maximum atomic E-state index is 13.5. The number of halogens is 1. The molecular weight excluding hydrogens is 233 g/mol. The molecule has 2 unspecified atom stereocenters. The minimum atomic E-state index is -0.755. The van der Waals surface area contributed by atoms with E-state index in [1.165, 1.54) is 0 Å². The van der Waals surface area contributed by atoms with Crippen molar-refractivity contribution in [1.29, 1.82) is 0 Å². The van der Waals surface area contributed by atoms with E-state index < -0.39 is 12.1 Å². The van der Waals surface area contributed by atoms with E-state index in [2.05, 4.69) is 5.32 Å². The third kappa shape index (κ3) is 2.02. The smallest absolute Gasteiger partial charge is 0.133 e. The average molecular weight is 251 g/mol. The Labute approximate surface area is 106 Å². The van der Waals surface area contributed by atoms with Crippen LogP contribution in [0, 0.1) is 0 Å². The molecular formula is C14H18FNO2. The molecule has 0 amide bonds. The van der Waals surface area contributed by atoms with Gasteiger partial charge in [-0.15, -0.1) is 0 Å². The number of alkyl halides is 1. The average Bonchev–Trinajstić information content (AvgIpc) is 2.86. The molecule has 18 heavy (non-hydrogen) atoms. The number of likely N-dealkylation sites (N-methyl/N-ethyl adjacent to an activating group) is 1. The SMILES string of the molecule is CNC(CO)C(C)(CF)c1ccc2occc2c1. The molecule has 3 nitrogen and oxygen atoms in total. The fraction of sp³-hybridized carbons (Fsp3) is 0.429. The van der Waals surface area contributed by atoms with E-state index in [1.807, 2.05) is 31.2 Å². The summed E-state index contributed by atoms with van der Waals surface area (Å²) in [6.07, 6.45) is 1.61. The largest absolute Gasteiger partial charge is 0.464 e. The van der Waals surface area contributed by atoms with Crippen molar-refractivity contribution >= 4 is 11.0 Å². The highest BCUT2D eigenvalue weighted by atomic mass is 19.1. The van der Waals surface area contributed by atoms with Crippen LogP contribution in [0.2, 0.25) is 0 Å². The molecule has 1 aromatic carbocycles. The lowest BCUT2D eigenvalue weighted by Crippen LogP contribution is -2.49. The summed E-state index contributed by atoms with van der Waals surface area (Å²) in [5.41, 5.74) is 0.881. The highest BCUT2D eigenvalue weighted by molar-refractivity contribution is 5.78. The van der Waals surface area contributed by atoms with Crippen LogP contribution in [0.25, 0.3) is 11.0 Å². The third-order valence-electron chi connectivity index (χ3n) is 3.69. The molecule has 2 N–H and O–H groups in total. The van der Waals surface area contributed by atoms with Crippen LogP contribution >= 0.6 is 0 Å². The number of benzene rings is 1. The van der Waals surface area contributed by atoms with Gasteiger partial charge in [0.05, 0.1) is 12.9 Å². The van der Waals surface area contributed by atoms with Crippen LogP contribution < -0.4 is 5.32 Å². The fourth-order valence-corrected chi connectivity index (χ4v) is 2.30. The zero-order valence-electron chi connectivity index (χ0n) is 10.6. The zero-order chi connectivity index (χ0) is 13.2. The fourth-order valence-electron chi connectivity index (χ4n) is 2.30. The Kier molecular flexibility index (Phi) is 3.68. The Bertz CT molecular complexity index is 521. The zero-order valence-corrected chi connectivity index (χ0v) is 10.6. The Morgan fingerprint density at radius 1 is 1.44 bits per heavy atom. The first-order valence-electron chi connectivity index (χ1n) is 5.97. The van der Waals surface area contributed by atoms with E-state index in [9.17, 15) is 9.50 Å². The molecule has 2 atom stereocenters. The first kappa shape index (κ1) is 13.1. The molecule has 0 spiro atoms. The summed E-state index contributed by atoms with van der Waals surface area (Å²) in [6.45, 7) is 1.16. The van der Waals surface area contributed by atoms with Crippen LogP contribution in [-0.4, -0.2) is 31.5 Å². The van der Waals surface area contributed by atoms with Gasteiger partial charge in [0.1, 0.15) is 12.3 Å². The van der Waals surface area contributed by atoms with Gasteiger partial charge in [0.25, 0.3) is 0 Å². The molecule has 0 aliphatic rings. The number of rotatable bonds is 5. The predicted octanol–water partition coefficient (Wildman–Crippen LogP) is 2.24. The Morgan fingerprint density at radius 2 is 2.22 bits per heavy atom. The number of nitrogens with one attached hydrogen (secondary N) is 1. The monoisotopic (exact) mass is 251 g/mol. The van der Waals surface area contributed by atoms with E-state index in [-0.39, 0.29) is 12.6 Å². The molecule has 4 heteroatoms. The lowest BCUT2D eigenvalue weighted by Gasteiger charge is -2.34. The van der Waals surface area contributed by atoms with E-state index in [0.29, 0.717) is 0 Å². The number of fused-ring (bicyclic) bond motifs is 1. The van der Waals surface area contributed by atoms with Crippen molar-refractivity contribution in [2.75, 3.05) is 20.3 Å². The second kappa shape index (κ2) is 5.08. The summed E-state index contributed by atoms with van der Waals surface area (Å²) in [5, 5.41) is 13.3. The first-order chi connectivity index (χ1) is 8.65. The summed E-state index contributed by atoms with van der Waals surface area (Å²) in [5.74, 6) is 0. The van der Waals surface area contributed by atoms with Gasteiger partial charge >= 0.3 is 0 Å². The van der Waals surface area contributed by atoms with Gasteiger partial charge in [-0.05, 0) is 30.8 Å². The topological polar surface area (TPSA) is 45.4 Å². The van der Waals surface area contributed by atoms with Crippen molar-refractivity contribution in [1.82, 2.24) is 5.32 Å². The van der Waals surface area contributed by atoms with E-state index in [1.54, 1.807) is 13.3 Å². The second-order valence-electron chi connectivity index (χ2n) is 4.75. The number of hydrogen-bond donors (Lipinski definition) is 2. The normalized spacial score (nSPS) is 16.7. The molecule has 98 valence electrons. The van der Waals surface area contributed by atoms with Gasteiger partial charge in [-0.25, -0.2) is 0 Å². The Morgan fingerprint density at radius 3 is 2.83 bits per heavy atom. The van der Waals surface area contributed by atoms with Crippen LogP contribution in [0.3, 0.4) is 0 Å². The maximum Gasteiger partial charge on any atom is 0.133 e. The molecule has 2 aromatic rings. The van der Waals surface area contributed by atoms with Crippen molar-refractivity contribution in [3.63, 3.8) is 0 Å². The molecule has 0 fully saturated rings. The molecule has 0 radical (unpaired) electrons. The van der Waals surface area contributed by atoms with Gasteiger partial charge in [0.2, 0.25) is 0 Å². The summed E-state index contributed by atoms with van der Waals surface area (Å²) in [4.78, 5) is 0. The number of furan rings is 1. The lowest BCUT2D eigenvalue weighted by molar-refractivity contribution is 0.166. The molecule has 1 heterocycles. The molecule has 0 bridgehead atoms. The van der Waals surface area contributed by atoms with Gasteiger partial charge in [-0.3, -0.25) is 4.39 Å². The lowest BCUT2D eigenvalue weighted by atomic mass is 9.77. The van der Waals surface area contributed by atoms with Crippen molar-refractivity contribution in [2.24, 2.45) is 0 Å². The third-order valence-corrected chi connectivity index (χ3v) is 3.69. The molecule has 2 rings (SSSR count). The van der Waals surface area contributed by atoms with Crippen molar-refractivity contribution in [3.05, 3.63) is 36.1 Å². The minimum Gasteiger partial charge on any atom is -0.464 e. The second-order valence-corrected chi connectivity index (χ2v) is 4.75. The van der Waals surface area contributed by atoms with Crippen LogP contribution in [0.5, 0.6) is 0 Å². The number of aliphatic hydroxyl groups is 1. The van der Waals surface area contributed by atoms with Crippen molar-refractivity contribution in [3.8, 4) is 0 Å². The summed E-state index contributed by atoms with van der Waals surface area (Å²) >= 11 is 0. The molecule has 0 aliphatic heterocycles. The van der Waals surface area contributed by atoms with Crippen LogP contribution in [0.4, 0.5) is 4.39 Å². The molecule has 0 aliphatic carbocycles. The minimum absolute atomic E-state index is 0.111. The number of aliphatic hydroxyl groups excluding tert-OH is 1. The summed E-state index contributed by atoms with van der Waals surface area (Å²) in [7, 11) is 1.73. The molecule has 0 saturated carbocycles. The van der Waals surface area contributed by atoms with Crippen LogP contribution in [0.1, 0.15) is 12.5 Å². The van der Waals surface area contributed by atoms with Crippen LogP contribution in [-0.2, 0) is 5.41 Å². The summed E-state index contributed by atoms with van der Waals surface area (Å²) in [6, 6.07) is 7.13. The highest BCUT2D eigenvalue weighted by Gasteiger charge is 2.35. The number of hydrogen-bond acceptors (Lipinski definition) is 3. The first-order valence-corrected chi connectivity index (χ1v) is 5.97. The summed E-state index contributed by atoms with van der Waals surface area (Å²) < 4.78 is 18.8. The van der Waals surface area contributed by atoms with Crippen molar-refractivity contribution < 1.29 is 13.9 Å². The van der Waals surface area contributed by atoms with Gasteiger partial charge in [0.15, 0.2) is 0 Å². The van der Waals surface area contributed by atoms with E-state index >= 15 is 0 Å². The van der Waals surface area contributed by atoms with Gasteiger partial charge in [-0.2, -0.15) is 0 Å². The van der Waals surface area contributed by atoms with E-state index in [4.69, 9.17) is 4.42 Å². The predicted molar refractivity (Wildman–Crippen MR) is 69.5 cm³/mol. The standard InChI is InChI=1S/C14H18FNO2/c1-14(9-15,13(8-17)16-2)11-3-4-12-10(7-11)5-6-18-12/h3-7,13,16-17H,8-9H2,1-2H3. The highest BCUT2D eigenvalue weighted by Crippen LogP contribution is 2.31. The quantitative estimate of drug-likeness (QED) is 0.856. The van der Waals surface area contributed by atoms with Crippen molar-refractivity contribution in [2.45, 2.75) is 18.4 Å². The van der Waals surface area contributed by atoms with Gasteiger partial charge in [0, 0.05) is 16.8 Å². The Balaban J connectivity index is 2.47. The maximum absolute atomic E-state index is 13.5.